The van der Waals surface area contributed by atoms with Crippen LogP contribution in [-0.4, -0.2) is 12.3 Å². The lowest BCUT2D eigenvalue weighted by Gasteiger charge is -2.17. The molecule has 0 fully saturated rings. The average molecular weight is 432 g/mol. The van der Waals surface area contributed by atoms with Gasteiger partial charge in [0.15, 0.2) is 0 Å². The van der Waals surface area contributed by atoms with Gasteiger partial charge in [-0.1, -0.05) is 30.3 Å². The number of halogens is 3. The molecule has 6 heteroatoms. The van der Waals surface area contributed by atoms with Crippen molar-refractivity contribution in [3.63, 3.8) is 0 Å². The molecule has 0 amide bonds. The van der Waals surface area contributed by atoms with E-state index in [4.69, 9.17) is 10.00 Å². The van der Waals surface area contributed by atoms with Crippen LogP contribution in [0.15, 0.2) is 77.8 Å². The molecule has 1 aliphatic rings. The molecule has 0 saturated heterocycles. The Labute approximate surface area is 184 Å². The maximum Gasteiger partial charge on any atom is 0.416 e. The minimum Gasteiger partial charge on any atom is -0.489 e. The van der Waals surface area contributed by atoms with Crippen molar-refractivity contribution in [1.82, 2.24) is 0 Å². The number of allylic oxidation sites excluding steroid dienone is 1. The summed E-state index contributed by atoms with van der Waals surface area (Å²) in [6, 6.07) is 20.2. The molecule has 0 radical (unpaired) electrons. The number of rotatable bonds is 5. The maximum atomic E-state index is 12.9. The molecule has 3 aromatic carbocycles. The summed E-state index contributed by atoms with van der Waals surface area (Å²) in [5, 5.41) is 8.90. The number of alkyl halides is 3. The van der Waals surface area contributed by atoms with Crippen LogP contribution in [0.5, 0.6) is 5.75 Å². The van der Waals surface area contributed by atoms with E-state index in [-0.39, 0.29) is 6.61 Å². The predicted molar refractivity (Wildman–Crippen MR) is 118 cm³/mol. The molecule has 4 rings (SSSR count). The lowest BCUT2D eigenvalue weighted by atomic mass is 9.96. The van der Waals surface area contributed by atoms with Crippen LogP contribution in [0.3, 0.4) is 0 Å². The van der Waals surface area contributed by atoms with Crippen LogP contribution in [0, 0.1) is 11.3 Å². The summed E-state index contributed by atoms with van der Waals surface area (Å²) in [5.41, 5.74) is 4.32. The van der Waals surface area contributed by atoms with E-state index in [1.165, 1.54) is 6.07 Å². The third-order valence-corrected chi connectivity index (χ3v) is 5.15. The lowest BCUT2D eigenvalue weighted by molar-refractivity contribution is -0.137. The quantitative estimate of drug-likeness (QED) is 0.481. The van der Waals surface area contributed by atoms with Crippen LogP contribution < -0.4 is 4.74 Å². The number of nitrogens with zero attached hydrogens (tertiary/aromatic N) is 2. The Balaban J connectivity index is 1.46. The van der Waals surface area contributed by atoms with Crippen LogP contribution in [-0.2, 0) is 19.2 Å². The fourth-order valence-electron chi connectivity index (χ4n) is 3.49. The Bertz CT molecular complexity index is 1220. The van der Waals surface area contributed by atoms with Crippen molar-refractivity contribution in [2.24, 2.45) is 4.99 Å². The minimum absolute atomic E-state index is 0.0578. The van der Waals surface area contributed by atoms with Crippen LogP contribution in [0.1, 0.15) is 33.4 Å². The first-order chi connectivity index (χ1) is 15.4. The molecule has 32 heavy (non-hydrogen) atoms. The van der Waals surface area contributed by atoms with Gasteiger partial charge in [-0.15, -0.1) is 0 Å². The zero-order valence-corrected chi connectivity index (χ0v) is 17.1. The molecule has 3 nitrogen and oxygen atoms in total. The molecule has 0 atom stereocenters. The van der Waals surface area contributed by atoms with Gasteiger partial charge in [0.1, 0.15) is 12.4 Å². The highest BCUT2D eigenvalue weighted by Crippen LogP contribution is 2.30. The van der Waals surface area contributed by atoms with E-state index >= 15 is 0 Å². The van der Waals surface area contributed by atoms with Crippen LogP contribution in [0.25, 0.3) is 6.08 Å². The van der Waals surface area contributed by atoms with Crippen molar-refractivity contribution in [3.05, 3.63) is 106 Å². The first kappa shape index (κ1) is 21.4. The fourth-order valence-corrected chi connectivity index (χ4v) is 3.49. The maximum absolute atomic E-state index is 12.9. The van der Waals surface area contributed by atoms with Crippen molar-refractivity contribution in [2.45, 2.75) is 19.2 Å². The Morgan fingerprint density at radius 1 is 1.00 bits per heavy atom. The van der Waals surface area contributed by atoms with E-state index < -0.39 is 11.7 Å². The molecule has 1 heterocycles. The Morgan fingerprint density at radius 3 is 2.56 bits per heavy atom. The van der Waals surface area contributed by atoms with Gasteiger partial charge < -0.3 is 4.74 Å². The molecule has 160 valence electrons. The van der Waals surface area contributed by atoms with Gasteiger partial charge in [-0.3, -0.25) is 4.99 Å². The van der Waals surface area contributed by atoms with Gasteiger partial charge >= 0.3 is 6.18 Å². The molecule has 0 aliphatic carbocycles. The van der Waals surface area contributed by atoms with E-state index in [1.807, 2.05) is 42.5 Å². The summed E-state index contributed by atoms with van der Waals surface area (Å²) in [5.74, 6) is 0.610. The zero-order chi connectivity index (χ0) is 22.6. The number of ether oxygens (including phenoxy) is 1. The normalized spacial score (nSPS) is 13.4. The standard InChI is InChI=1S/C26H19F3N2O/c27-26(28,29)22-3-1-2-20(14-22)17-32-23-9-10-24-21(15-23)12-13-31-25(24)11-8-18-4-6-19(16-30)7-5-18/h1-11,14-15H,12-13,17H2/b11-8+. The zero-order valence-electron chi connectivity index (χ0n) is 17.1. The molecule has 0 saturated carbocycles. The highest BCUT2D eigenvalue weighted by atomic mass is 19.4. The van der Waals surface area contributed by atoms with Crippen LogP contribution in [0.4, 0.5) is 13.2 Å². The number of benzene rings is 3. The molecule has 1 aliphatic heterocycles. The van der Waals surface area contributed by atoms with Crippen molar-refractivity contribution in [2.75, 3.05) is 6.54 Å². The largest absolute Gasteiger partial charge is 0.489 e. The van der Waals surface area contributed by atoms with E-state index in [9.17, 15) is 13.2 Å². The smallest absolute Gasteiger partial charge is 0.416 e. The summed E-state index contributed by atoms with van der Waals surface area (Å²) in [7, 11) is 0. The third-order valence-electron chi connectivity index (χ3n) is 5.15. The lowest BCUT2D eigenvalue weighted by Crippen LogP contribution is -2.11. The predicted octanol–water partition coefficient (Wildman–Crippen LogP) is 6.21. The summed E-state index contributed by atoms with van der Waals surface area (Å²) in [6.45, 7) is 0.708. The van der Waals surface area contributed by atoms with Gasteiger partial charge in [0.05, 0.1) is 22.9 Å². The van der Waals surface area contributed by atoms with Gasteiger partial charge in [-0.25, -0.2) is 0 Å². The van der Waals surface area contributed by atoms with Gasteiger partial charge in [0.25, 0.3) is 0 Å². The summed E-state index contributed by atoms with van der Waals surface area (Å²) in [4.78, 5) is 4.61. The molecular formula is C26H19F3N2O. The Kier molecular flexibility index (Phi) is 6.09. The van der Waals surface area contributed by atoms with E-state index in [0.717, 1.165) is 41.0 Å². The SMILES string of the molecule is N#Cc1ccc(/C=C/C2=NCCc3cc(OCc4cccc(C(F)(F)F)c4)ccc32)cc1. The Morgan fingerprint density at radius 2 is 1.81 bits per heavy atom. The minimum atomic E-state index is -4.37. The van der Waals surface area contributed by atoms with Crippen molar-refractivity contribution >= 4 is 11.8 Å². The highest BCUT2D eigenvalue weighted by molar-refractivity contribution is 6.12. The average Bonchev–Trinajstić information content (AvgIpc) is 2.81. The monoisotopic (exact) mass is 432 g/mol. The topological polar surface area (TPSA) is 45.4 Å². The molecule has 0 bridgehead atoms. The molecular weight excluding hydrogens is 413 g/mol. The second-order valence-corrected chi connectivity index (χ2v) is 7.39. The number of aliphatic imine (C=N–C) groups is 1. The van der Waals surface area contributed by atoms with E-state index in [1.54, 1.807) is 18.2 Å². The van der Waals surface area contributed by atoms with Crippen molar-refractivity contribution in [3.8, 4) is 11.8 Å². The van der Waals surface area contributed by atoms with Crippen molar-refractivity contribution < 1.29 is 17.9 Å². The summed E-state index contributed by atoms with van der Waals surface area (Å²) < 4.78 is 44.4. The number of nitriles is 1. The third kappa shape index (κ3) is 5.06. The van der Waals surface area contributed by atoms with Gasteiger partial charge in [0, 0.05) is 12.1 Å². The molecule has 0 spiro atoms. The number of hydrogen-bond acceptors (Lipinski definition) is 3. The van der Waals surface area contributed by atoms with Gasteiger partial charge in [-0.05, 0) is 71.7 Å². The van der Waals surface area contributed by atoms with Gasteiger partial charge in [-0.2, -0.15) is 18.4 Å². The fraction of sp³-hybridized carbons (Fsp3) is 0.154. The van der Waals surface area contributed by atoms with Crippen LogP contribution >= 0.6 is 0 Å². The second-order valence-electron chi connectivity index (χ2n) is 7.39. The highest BCUT2D eigenvalue weighted by Gasteiger charge is 2.30. The van der Waals surface area contributed by atoms with E-state index in [0.29, 0.717) is 23.4 Å². The molecule has 0 unspecified atom stereocenters. The number of fused-ring (bicyclic) bond motifs is 1. The van der Waals surface area contributed by atoms with Gasteiger partial charge in [0.2, 0.25) is 0 Å². The van der Waals surface area contributed by atoms with E-state index in [2.05, 4.69) is 11.1 Å². The summed E-state index contributed by atoms with van der Waals surface area (Å²) >= 11 is 0. The first-order valence-electron chi connectivity index (χ1n) is 10.1. The first-order valence-corrected chi connectivity index (χ1v) is 10.1. The van der Waals surface area contributed by atoms with Crippen molar-refractivity contribution in [1.29, 1.82) is 5.26 Å². The molecule has 3 aromatic rings. The number of hydrogen-bond donors (Lipinski definition) is 0. The second kappa shape index (κ2) is 9.11. The summed E-state index contributed by atoms with van der Waals surface area (Å²) in [6.07, 6.45) is 0.294. The molecule has 0 N–H and O–H groups in total. The molecule has 0 aromatic heterocycles. The Hall–Kier alpha value is -3.85. The van der Waals surface area contributed by atoms with Crippen LogP contribution in [0.2, 0.25) is 0 Å².